The molecule has 0 bridgehead atoms. The van der Waals surface area contributed by atoms with Crippen molar-refractivity contribution in [1.82, 2.24) is 5.32 Å². The predicted octanol–water partition coefficient (Wildman–Crippen LogP) is 4.80. The molecule has 184 valence electrons. The number of hydrogen-bond acceptors (Lipinski definition) is 5. The van der Waals surface area contributed by atoms with Gasteiger partial charge in [0.2, 0.25) is 5.91 Å². The van der Waals surface area contributed by atoms with Crippen LogP contribution in [0.5, 0.6) is 11.5 Å². The number of hydrogen-bond donors (Lipinski definition) is 1. The van der Waals surface area contributed by atoms with E-state index in [2.05, 4.69) is 5.32 Å². The molecule has 1 N–H and O–H groups in total. The zero-order valence-corrected chi connectivity index (χ0v) is 21.3. The highest BCUT2D eigenvalue weighted by Crippen LogP contribution is 2.33. The number of sulfonamides is 1. The summed E-state index contributed by atoms with van der Waals surface area (Å²) in [6, 6.07) is 16.5. The van der Waals surface area contributed by atoms with Crippen molar-refractivity contribution in [1.29, 1.82) is 0 Å². The molecule has 0 aromatic heterocycles. The third-order valence-electron chi connectivity index (χ3n) is 5.78. The number of rotatable bonds is 7. The number of aryl methyl sites for hydroxylation is 2. The minimum absolute atomic E-state index is 0.0903. The van der Waals surface area contributed by atoms with Crippen LogP contribution < -0.4 is 19.1 Å². The second-order valence-electron chi connectivity index (χ2n) is 8.45. The molecule has 1 atom stereocenters. The van der Waals surface area contributed by atoms with Gasteiger partial charge < -0.3 is 14.8 Å². The summed E-state index contributed by atoms with van der Waals surface area (Å²) >= 11 is 6.29. The van der Waals surface area contributed by atoms with Gasteiger partial charge in [0.1, 0.15) is 19.8 Å². The maximum atomic E-state index is 13.6. The fraction of sp³-hybridized carbons (Fsp3) is 0.269. The Hall–Kier alpha value is -3.23. The molecule has 9 heteroatoms. The van der Waals surface area contributed by atoms with Gasteiger partial charge in [0.05, 0.1) is 16.6 Å². The van der Waals surface area contributed by atoms with Gasteiger partial charge in [-0.1, -0.05) is 41.4 Å². The molecule has 4 rings (SSSR count). The van der Waals surface area contributed by atoms with Gasteiger partial charge in [0, 0.05) is 5.02 Å². The number of amides is 1. The number of nitrogens with zero attached hydrogens (tertiary/aromatic N) is 1. The minimum atomic E-state index is -4.03. The van der Waals surface area contributed by atoms with Crippen molar-refractivity contribution in [2.24, 2.45) is 0 Å². The molecule has 1 aliphatic rings. The van der Waals surface area contributed by atoms with Gasteiger partial charge in [-0.2, -0.15) is 0 Å². The molecule has 1 heterocycles. The van der Waals surface area contributed by atoms with Gasteiger partial charge in [-0.25, -0.2) is 8.42 Å². The maximum absolute atomic E-state index is 13.6. The lowest BCUT2D eigenvalue weighted by molar-refractivity contribution is -0.120. The quantitative estimate of drug-likeness (QED) is 0.489. The number of carbonyl (C=O) groups is 1. The van der Waals surface area contributed by atoms with E-state index in [-0.39, 0.29) is 10.9 Å². The van der Waals surface area contributed by atoms with Crippen molar-refractivity contribution in [3.8, 4) is 11.5 Å². The molecule has 0 saturated carbocycles. The van der Waals surface area contributed by atoms with Crippen LogP contribution in [0, 0.1) is 13.8 Å². The first-order valence-electron chi connectivity index (χ1n) is 11.2. The second-order valence-corrected chi connectivity index (χ2v) is 10.7. The van der Waals surface area contributed by atoms with Crippen LogP contribution in [0.1, 0.15) is 29.7 Å². The van der Waals surface area contributed by atoms with E-state index in [1.165, 1.54) is 12.1 Å². The molecule has 1 amide bonds. The Morgan fingerprint density at radius 1 is 1.00 bits per heavy atom. The molecule has 3 aromatic rings. The number of anilines is 1. The molecule has 0 unspecified atom stereocenters. The van der Waals surface area contributed by atoms with Crippen LogP contribution in [0.4, 0.5) is 5.69 Å². The van der Waals surface area contributed by atoms with Gasteiger partial charge in [-0.05, 0) is 68.3 Å². The van der Waals surface area contributed by atoms with Crippen LogP contribution in [-0.2, 0) is 14.8 Å². The first kappa shape index (κ1) is 24.9. The van der Waals surface area contributed by atoms with Crippen molar-refractivity contribution in [2.75, 3.05) is 24.1 Å². The van der Waals surface area contributed by atoms with Crippen LogP contribution in [0.2, 0.25) is 5.02 Å². The molecule has 0 aliphatic carbocycles. The number of benzene rings is 3. The van der Waals surface area contributed by atoms with Crippen molar-refractivity contribution in [2.45, 2.75) is 31.7 Å². The number of halogens is 1. The monoisotopic (exact) mass is 514 g/mol. The standard InChI is InChI=1S/C26H27ClN2O5S/c1-17-4-9-22(10-5-17)35(31,32)29(21-8-6-18(2)23(27)15-21)16-26(30)28-19(3)20-7-11-24-25(14-20)34-13-12-33-24/h4-11,14-15,19H,12-13,16H2,1-3H3,(H,28,30)/t19-/m1/s1. The van der Waals surface area contributed by atoms with Crippen molar-refractivity contribution in [3.63, 3.8) is 0 Å². The number of nitrogens with one attached hydrogen (secondary N) is 1. The molecule has 3 aromatic carbocycles. The average Bonchev–Trinajstić information content (AvgIpc) is 2.84. The third-order valence-corrected chi connectivity index (χ3v) is 7.98. The van der Waals surface area contributed by atoms with E-state index in [4.69, 9.17) is 21.1 Å². The molecular formula is C26H27ClN2O5S. The van der Waals surface area contributed by atoms with Gasteiger partial charge in [0.25, 0.3) is 10.0 Å². The molecule has 0 saturated heterocycles. The lowest BCUT2D eigenvalue weighted by Gasteiger charge is -2.26. The topological polar surface area (TPSA) is 84.9 Å². The summed E-state index contributed by atoms with van der Waals surface area (Å²) in [5.41, 5.74) is 2.86. The van der Waals surface area contributed by atoms with Crippen molar-refractivity contribution >= 4 is 33.2 Å². The van der Waals surface area contributed by atoms with Crippen LogP contribution >= 0.6 is 11.6 Å². The minimum Gasteiger partial charge on any atom is -0.486 e. The molecular weight excluding hydrogens is 488 g/mol. The van der Waals surface area contributed by atoms with E-state index in [0.717, 1.165) is 21.0 Å². The van der Waals surface area contributed by atoms with Gasteiger partial charge in [-0.15, -0.1) is 0 Å². The largest absolute Gasteiger partial charge is 0.486 e. The van der Waals surface area contributed by atoms with E-state index in [9.17, 15) is 13.2 Å². The summed E-state index contributed by atoms with van der Waals surface area (Å²) in [4.78, 5) is 13.2. The Morgan fingerprint density at radius 2 is 1.69 bits per heavy atom. The number of ether oxygens (including phenoxy) is 2. The Bertz CT molecular complexity index is 1340. The molecule has 1 aliphatic heterocycles. The number of carbonyl (C=O) groups excluding carboxylic acids is 1. The smallest absolute Gasteiger partial charge is 0.264 e. The van der Waals surface area contributed by atoms with Gasteiger partial charge >= 0.3 is 0 Å². The molecule has 0 spiro atoms. The summed E-state index contributed by atoms with van der Waals surface area (Å²) in [6.45, 7) is 6.07. The van der Waals surface area contributed by atoms with E-state index >= 15 is 0 Å². The van der Waals surface area contributed by atoms with Crippen molar-refractivity contribution < 1.29 is 22.7 Å². The number of fused-ring (bicyclic) bond motifs is 1. The third kappa shape index (κ3) is 5.55. The van der Waals surface area contributed by atoms with E-state index < -0.39 is 22.5 Å². The van der Waals surface area contributed by atoms with Crippen LogP contribution in [0.3, 0.4) is 0 Å². The Labute approximate surface area is 210 Å². The fourth-order valence-corrected chi connectivity index (χ4v) is 5.31. The summed E-state index contributed by atoms with van der Waals surface area (Å²) < 4.78 is 39.4. The summed E-state index contributed by atoms with van der Waals surface area (Å²) in [5, 5.41) is 3.30. The maximum Gasteiger partial charge on any atom is 0.264 e. The SMILES string of the molecule is Cc1ccc(S(=O)(=O)N(CC(=O)N[C@H](C)c2ccc3c(c2)OCCO3)c2ccc(C)c(Cl)c2)cc1. The van der Waals surface area contributed by atoms with E-state index in [0.29, 0.717) is 35.4 Å². The molecule has 35 heavy (non-hydrogen) atoms. The Balaban J connectivity index is 1.59. The van der Waals surface area contributed by atoms with Crippen LogP contribution in [-0.4, -0.2) is 34.1 Å². The average molecular weight is 515 g/mol. The molecule has 0 fully saturated rings. The lowest BCUT2D eigenvalue weighted by Crippen LogP contribution is -2.41. The summed E-state index contributed by atoms with van der Waals surface area (Å²) in [7, 11) is -4.03. The van der Waals surface area contributed by atoms with Gasteiger partial charge in [-0.3, -0.25) is 9.10 Å². The first-order chi connectivity index (χ1) is 16.6. The van der Waals surface area contributed by atoms with E-state index in [1.807, 2.05) is 32.9 Å². The molecule has 7 nitrogen and oxygen atoms in total. The molecule has 0 radical (unpaired) electrons. The zero-order chi connectivity index (χ0) is 25.2. The fourth-order valence-electron chi connectivity index (χ4n) is 3.72. The summed E-state index contributed by atoms with van der Waals surface area (Å²) in [6.07, 6.45) is 0. The Morgan fingerprint density at radius 3 is 2.37 bits per heavy atom. The summed E-state index contributed by atoms with van der Waals surface area (Å²) in [5.74, 6) is 0.817. The Kier molecular flexibility index (Phi) is 7.23. The van der Waals surface area contributed by atoms with Crippen LogP contribution in [0.25, 0.3) is 0 Å². The highest BCUT2D eigenvalue weighted by atomic mass is 35.5. The second kappa shape index (κ2) is 10.2. The van der Waals surface area contributed by atoms with Crippen LogP contribution in [0.15, 0.2) is 65.6 Å². The highest BCUT2D eigenvalue weighted by molar-refractivity contribution is 7.92. The van der Waals surface area contributed by atoms with E-state index in [1.54, 1.807) is 36.4 Å². The van der Waals surface area contributed by atoms with Crippen molar-refractivity contribution in [3.05, 3.63) is 82.4 Å². The lowest BCUT2D eigenvalue weighted by atomic mass is 10.1. The highest BCUT2D eigenvalue weighted by Gasteiger charge is 2.28. The first-order valence-corrected chi connectivity index (χ1v) is 13.0. The zero-order valence-electron chi connectivity index (χ0n) is 19.7. The predicted molar refractivity (Wildman–Crippen MR) is 136 cm³/mol. The van der Waals surface area contributed by atoms with Gasteiger partial charge in [0.15, 0.2) is 11.5 Å². The normalized spacial score (nSPS) is 13.7.